The van der Waals surface area contributed by atoms with Crippen LogP contribution >= 0.6 is 11.3 Å². The number of carbonyl (C=O) groups is 1. The summed E-state index contributed by atoms with van der Waals surface area (Å²) in [6, 6.07) is 11.8. The molecule has 1 N–H and O–H groups in total. The predicted octanol–water partition coefficient (Wildman–Crippen LogP) is 5.81. The Labute approximate surface area is 168 Å². The average molecular weight is 419 g/mol. The number of benzene rings is 2. The number of aromatic nitrogens is 1. The van der Waals surface area contributed by atoms with Crippen molar-refractivity contribution in [2.45, 2.75) is 19.7 Å². The van der Waals surface area contributed by atoms with E-state index in [0.717, 1.165) is 34.3 Å². The number of aryl methyl sites for hydroxylation is 1. The first kappa shape index (κ1) is 20.6. The second kappa shape index (κ2) is 8.48. The molecule has 0 saturated heterocycles. The molecule has 0 radical (unpaired) electrons. The van der Waals surface area contributed by atoms with Gasteiger partial charge < -0.3 is 9.84 Å². The van der Waals surface area contributed by atoms with Crippen molar-refractivity contribution in [3.05, 3.63) is 76.3 Å². The lowest BCUT2D eigenvalue weighted by Gasteiger charge is -2.06. The molecule has 0 amide bonds. The van der Waals surface area contributed by atoms with E-state index in [-0.39, 0.29) is 6.61 Å². The van der Waals surface area contributed by atoms with E-state index in [1.165, 1.54) is 29.5 Å². The molecular formula is C21H16F3NO3S. The van der Waals surface area contributed by atoms with Gasteiger partial charge in [0.25, 0.3) is 0 Å². The van der Waals surface area contributed by atoms with Gasteiger partial charge in [-0.3, -0.25) is 0 Å². The number of rotatable bonds is 6. The molecule has 0 aliphatic carbocycles. The van der Waals surface area contributed by atoms with Crippen LogP contribution in [0.1, 0.15) is 21.7 Å². The molecule has 1 heterocycles. The van der Waals surface area contributed by atoms with E-state index >= 15 is 0 Å². The van der Waals surface area contributed by atoms with Crippen molar-refractivity contribution in [2.24, 2.45) is 0 Å². The molecule has 0 aliphatic heterocycles. The molecular weight excluding hydrogens is 403 g/mol. The van der Waals surface area contributed by atoms with E-state index in [1.807, 2.05) is 6.92 Å². The number of carboxylic acids is 1. The van der Waals surface area contributed by atoms with Crippen molar-refractivity contribution >= 4 is 23.4 Å². The Morgan fingerprint density at radius 3 is 2.38 bits per heavy atom. The van der Waals surface area contributed by atoms with Gasteiger partial charge in [0.15, 0.2) is 0 Å². The fraction of sp³-hybridized carbons (Fsp3) is 0.143. The van der Waals surface area contributed by atoms with Crippen LogP contribution in [0.4, 0.5) is 13.2 Å². The molecule has 29 heavy (non-hydrogen) atoms. The van der Waals surface area contributed by atoms with Crippen LogP contribution < -0.4 is 4.74 Å². The summed E-state index contributed by atoms with van der Waals surface area (Å²) in [6.07, 6.45) is -1.83. The Kier molecular flexibility index (Phi) is 6.03. The second-order valence-corrected chi connectivity index (χ2v) is 7.22. The van der Waals surface area contributed by atoms with E-state index in [9.17, 15) is 18.0 Å². The number of hydrogen-bond donors (Lipinski definition) is 1. The van der Waals surface area contributed by atoms with Crippen LogP contribution in [-0.2, 0) is 17.6 Å². The number of hydrogen-bond acceptors (Lipinski definition) is 4. The van der Waals surface area contributed by atoms with Crippen molar-refractivity contribution in [3.8, 4) is 16.3 Å². The first-order chi connectivity index (χ1) is 13.7. The van der Waals surface area contributed by atoms with Crippen molar-refractivity contribution in [1.82, 2.24) is 4.98 Å². The van der Waals surface area contributed by atoms with Crippen molar-refractivity contribution < 1.29 is 27.8 Å². The number of ether oxygens (including phenoxy) is 1. The fourth-order valence-electron chi connectivity index (χ4n) is 2.48. The number of alkyl halides is 3. The molecule has 0 unspecified atom stereocenters. The van der Waals surface area contributed by atoms with Gasteiger partial charge in [0, 0.05) is 11.6 Å². The molecule has 0 aliphatic rings. The maximum Gasteiger partial charge on any atom is 0.416 e. The molecule has 150 valence electrons. The Hall–Kier alpha value is -3.13. The molecule has 0 fully saturated rings. The lowest BCUT2D eigenvalue weighted by atomic mass is 10.1. The maximum atomic E-state index is 12.7. The summed E-state index contributed by atoms with van der Waals surface area (Å²) in [4.78, 5) is 15.8. The third-order valence-electron chi connectivity index (χ3n) is 4.02. The topological polar surface area (TPSA) is 59.4 Å². The van der Waals surface area contributed by atoms with Crippen LogP contribution in [-0.4, -0.2) is 16.1 Å². The summed E-state index contributed by atoms with van der Waals surface area (Å²) < 4.78 is 43.8. The molecule has 1 aromatic heterocycles. The van der Waals surface area contributed by atoms with Crippen molar-refractivity contribution in [3.63, 3.8) is 0 Å². The molecule has 3 rings (SSSR count). The minimum absolute atomic E-state index is 0.272. The van der Waals surface area contributed by atoms with Gasteiger partial charge in [-0.15, -0.1) is 11.3 Å². The summed E-state index contributed by atoms with van der Waals surface area (Å²) in [5.41, 5.74) is 1.41. The summed E-state index contributed by atoms with van der Waals surface area (Å²) in [5.74, 6) is -0.406. The summed E-state index contributed by atoms with van der Waals surface area (Å²) >= 11 is 1.37. The highest BCUT2D eigenvalue weighted by Crippen LogP contribution is 2.33. The first-order valence-electron chi connectivity index (χ1n) is 8.50. The number of halogens is 3. The average Bonchev–Trinajstić information content (AvgIpc) is 3.05. The Morgan fingerprint density at radius 1 is 1.14 bits per heavy atom. The quantitative estimate of drug-likeness (QED) is 0.512. The van der Waals surface area contributed by atoms with Gasteiger partial charge in [0.2, 0.25) is 0 Å². The third kappa shape index (κ3) is 5.45. The van der Waals surface area contributed by atoms with Crippen LogP contribution in [0.25, 0.3) is 16.6 Å². The van der Waals surface area contributed by atoms with E-state index in [4.69, 9.17) is 9.84 Å². The molecule has 0 saturated carbocycles. The van der Waals surface area contributed by atoms with E-state index in [1.54, 1.807) is 24.3 Å². The van der Waals surface area contributed by atoms with Gasteiger partial charge in [-0.2, -0.15) is 13.2 Å². The van der Waals surface area contributed by atoms with Crippen LogP contribution in [0.15, 0.2) is 54.6 Å². The number of aliphatic carboxylic acids is 1. The highest BCUT2D eigenvalue weighted by molar-refractivity contribution is 7.15. The zero-order chi connectivity index (χ0) is 21.0. The molecule has 0 spiro atoms. The first-order valence-corrected chi connectivity index (χ1v) is 9.32. The molecule has 2 aromatic carbocycles. The fourth-order valence-corrected chi connectivity index (χ4v) is 3.46. The van der Waals surface area contributed by atoms with E-state index in [0.29, 0.717) is 16.3 Å². The molecule has 0 bridgehead atoms. The van der Waals surface area contributed by atoms with Crippen molar-refractivity contribution in [1.29, 1.82) is 0 Å². The lowest BCUT2D eigenvalue weighted by Crippen LogP contribution is -2.03. The number of thiazole rings is 1. The van der Waals surface area contributed by atoms with E-state index in [2.05, 4.69) is 4.98 Å². The normalized spacial score (nSPS) is 11.7. The smallest absolute Gasteiger partial charge is 0.416 e. The Morgan fingerprint density at radius 2 is 1.79 bits per heavy atom. The second-order valence-electron chi connectivity index (χ2n) is 6.13. The molecule has 3 aromatic rings. The Balaban J connectivity index is 1.67. The van der Waals surface area contributed by atoms with Crippen LogP contribution in [0.2, 0.25) is 0 Å². The van der Waals surface area contributed by atoms with Gasteiger partial charge in [0.1, 0.15) is 17.4 Å². The van der Waals surface area contributed by atoms with Crippen LogP contribution in [0, 0.1) is 6.92 Å². The van der Waals surface area contributed by atoms with Gasteiger partial charge in [-0.1, -0.05) is 24.3 Å². The standard InChI is InChI=1S/C21H16F3NO3S/c1-13-18(12-28-17-9-2-14(3-10-17)4-11-19(26)27)29-20(25-13)15-5-7-16(8-6-15)21(22,23)24/h2-11H,12H2,1H3,(H,26,27)/b11-4+. The zero-order valence-corrected chi connectivity index (χ0v) is 16.1. The lowest BCUT2D eigenvalue weighted by molar-refractivity contribution is -0.137. The minimum Gasteiger partial charge on any atom is -0.488 e. The highest BCUT2D eigenvalue weighted by Gasteiger charge is 2.30. The molecule has 8 heteroatoms. The molecule has 4 nitrogen and oxygen atoms in total. The van der Waals surface area contributed by atoms with Gasteiger partial charge in [-0.25, -0.2) is 9.78 Å². The highest BCUT2D eigenvalue weighted by atomic mass is 32.1. The minimum atomic E-state index is -4.37. The number of nitrogens with zero attached hydrogens (tertiary/aromatic N) is 1. The van der Waals surface area contributed by atoms with Crippen LogP contribution in [0.3, 0.4) is 0 Å². The van der Waals surface area contributed by atoms with Crippen LogP contribution in [0.5, 0.6) is 5.75 Å². The van der Waals surface area contributed by atoms with Gasteiger partial charge in [-0.05, 0) is 42.8 Å². The van der Waals surface area contributed by atoms with Gasteiger partial charge >= 0.3 is 12.1 Å². The largest absolute Gasteiger partial charge is 0.488 e. The summed E-state index contributed by atoms with van der Waals surface area (Å²) in [5, 5.41) is 9.26. The van der Waals surface area contributed by atoms with E-state index < -0.39 is 17.7 Å². The summed E-state index contributed by atoms with van der Waals surface area (Å²) in [7, 11) is 0. The molecule has 0 atom stereocenters. The SMILES string of the molecule is Cc1nc(-c2ccc(C(F)(F)F)cc2)sc1COc1ccc(/C=C/C(=O)O)cc1. The van der Waals surface area contributed by atoms with Crippen molar-refractivity contribution in [2.75, 3.05) is 0 Å². The zero-order valence-electron chi connectivity index (χ0n) is 15.2. The Bertz CT molecular complexity index is 1020. The third-order valence-corrected chi connectivity index (χ3v) is 5.20. The predicted molar refractivity (Wildman–Crippen MR) is 105 cm³/mol. The maximum absolute atomic E-state index is 12.7. The number of carboxylic acid groups (broad SMARTS) is 1. The van der Waals surface area contributed by atoms with Gasteiger partial charge in [0.05, 0.1) is 16.1 Å². The summed E-state index contributed by atoms with van der Waals surface area (Å²) in [6.45, 7) is 2.09. The monoisotopic (exact) mass is 419 g/mol.